The van der Waals surface area contributed by atoms with Crippen LogP contribution in [0.5, 0.6) is 0 Å². The Kier molecular flexibility index (Phi) is 23.0. The molecular weight excluding hydrogens is 304 g/mol. The van der Waals surface area contributed by atoms with Gasteiger partial charge in [-0.25, -0.2) is 0 Å². The third kappa shape index (κ3) is 32.8. The van der Waals surface area contributed by atoms with Gasteiger partial charge in [-0.3, -0.25) is 9.59 Å². The molecule has 0 aliphatic heterocycles. The molecule has 0 aliphatic carbocycles. The molecule has 0 spiro atoms. The highest BCUT2D eigenvalue weighted by Crippen LogP contribution is 2.12. The Morgan fingerprint density at radius 1 is 0.667 bits per heavy atom. The minimum absolute atomic E-state index is 0.153. The molecule has 0 saturated carbocycles. The highest BCUT2D eigenvalue weighted by Gasteiger charge is 1.95. The molecule has 4 nitrogen and oxygen atoms in total. The van der Waals surface area contributed by atoms with E-state index in [0.29, 0.717) is 6.61 Å². The van der Waals surface area contributed by atoms with E-state index >= 15 is 0 Å². The van der Waals surface area contributed by atoms with Gasteiger partial charge in [-0.1, -0.05) is 90.4 Å². The van der Waals surface area contributed by atoms with Crippen molar-refractivity contribution in [1.29, 1.82) is 0 Å². The summed E-state index contributed by atoms with van der Waals surface area (Å²) in [6, 6.07) is 0. The molecular formula is C20H40O4. The fourth-order valence-corrected chi connectivity index (χ4v) is 2.51. The molecule has 1 N–H and O–H groups in total. The zero-order valence-corrected chi connectivity index (χ0v) is 16.3. The maximum atomic E-state index is 10.6. The maximum absolute atomic E-state index is 10.6. The lowest BCUT2D eigenvalue weighted by Gasteiger charge is -2.03. The number of esters is 1. The molecule has 0 atom stereocenters. The fraction of sp³-hybridized carbons (Fsp3) is 0.900. The van der Waals surface area contributed by atoms with Crippen molar-refractivity contribution in [1.82, 2.24) is 0 Å². The molecule has 24 heavy (non-hydrogen) atoms. The predicted molar refractivity (Wildman–Crippen MR) is 100 cm³/mol. The quantitative estimate of drug-likeness (QED) is 0.287. The highest BCUT2D eigenvalue weighted by molar-refractivity contribution is 5.65. The first kappa shape index (κ1) is 25.2. The van der Waals surface area contributed by atoms with E-state index < -0.39 is 5.97 Å². The Bertz CT molecular complexity index is 273. The van der Waals surface area contributed by atoms with Crippen molar-refractivity contribution >= 4 is 11.9 Å². The summed E-state index contributed by atoms with van der Waals surface area (Å²) in [5, 5.41) is 7.42. The van der Waals surface area contributed by atoms with E-state index in [9.17, 15) is 4.79 Å². The summed E-state index contributed by atoms with van der Waals surface area (Å²) in [5.74, 6) is -0.986. The molecule has 0 bridgehead atoms. The average molecular weight is 345 g/mol. The molecule has 0 aromatic rings. The van der Waals surface area contributed by atoms with E-state index in [1.165, 1.54) is 90.4 Å². The van der Waals surface area contributed by atoms with Crippen molar-refractivity contribution in [2.75, 3.05) is 6.61 Å². The Hall–Kier alpha value is -1.06. The Morgan fingerprint density at radius 2 is 0.958 bits per heavy atom. The standard InChI is InChI=1S/C18H36O2.C2H4O2/c1-3-4-5-6-7-8-9-10-11-12-13-14-15-16-17-20-18(2)19;1-2(3)4/h3-17H2,1-2H3;1H3,(H,3,4). The van der Waals surface area contributed by atoms with Gasteiger partial charge in [0.25, 0.3) is 5.97 Å². The molecule has 0 heterocycles. The second-order valence-corrected chi connectivity index (χ2v) is 6.46. The van der Waals surface area contributed by atoms with Crippen LogP contribution in [0.3, 0.4) is 0 Å². The summed E-state index contributed by atoms with van der Waals surface area (Å²) in [7, 11) is 0. The number of aliphatic carboxylic acids is 1. The third-order valence-electron chi connectivity index (χ3n) is 3.80. The first-order valence-corrected chi connectivity index (χ1v) is 9.83. The summed E-state index contributed by atoms with van der Waals surface area (Å²) < 4.78 is 4.91. The first-order valence-electron chi connectivity index (χ1n) is 9.83. The van der Waals surface area contributed by atoms with E-state index in [1.54, 1.807) is 0 Å². The molecule has 0 saturated heterocycles. The van der Waals surface area contributed by atoms with Crippen molar-refractivity contribution in [3.63, 3.8) is 0 Å². The number of carbonyl (C=O) groups excluding carboxylic acids is 1. The third-order valence-corrected chi connectivity index (χ3v) is 3.80. The number of rotatable bonds is 15. The molecule has 0 aromatic carbocycles. The van der Waals surface area contributed by atoms with Crippen LogP contribution in [-0.2, 0) is 14.3 Å². The van der Waals surface area contributed by atoms with Gasteiger partial charge >= 0.3 is 5.97 Å². The van der Waals surface area contributed by atoms with Crippen LogP contribution in [0.25, 0.3) is 0 Å². The number of carboxylic acid groups (broad SMARTS) is 1. The van der Waals surface area contributed by atoms with Gasteiger partial charge in [0, 0.05) is 13.8 Å². The van der Waals surface area contributed by atoms with Crippen molar-refractivity contribution in [2.24, 2.45) is 0 Å². The van der Waals surface area contributed by atoms with Crippen LogP contribution in [0.2, 0.25) is 0 Å². The van der Waals surface area contributed by atoms with Crippen LogP contribution < -0.4 is 0 Å². The highest BCUT2D eigenvalue weighted by atomic mass is 16.5. The van der Waals surface area contributed by atoms with Crippen LogP contribution >= 0.6 is 0 Å². The van der Waals surface area contributed by atoms with Gasteiger partial charge in [0.2, 0.25) is 0 Å². The van der Waals surface area contributed by atoms with Crippen molar-refractivity contribution < 1.29 is 19.4 Å². The predicted octanol–water partition coefficient (Wildman–Crippen LogP) is 6.12. The molecule has 0 aliphatic rings. The minimum Gasteiger partial charge on any atom is -0.481 e. The van der Waals surface area contributed by atoms with E-state index in [1.807, 2.05) is 0 Å². The molecule has 4 heteroatoms. The SMILES string of the molecule is CC(=O)O.CCCCCCCCCCCCCCCCOC(C)=O. The normalized spacial score (nSPS) is 9.96. The summed E-state index contributed by atoms with van der Waals surface area (Å²) in [4.78, 5) is 19.6. The van der Waals surface area contributed by atoms with Crippen LogP contribution in [-0.4, -0.2) is 23.7 Å². The summed E-state index contributed by atoms with van der Waals surface area (Å²) in [5.41, 5.74) is 0. The van der Waals surface area contributed by atoms with Crippen LogP contribution in [0.15, 0.2) is 0 Å². The van der Waals surface area contributed by atoms with E-state index in [-0.39, 0.29) is 5.97 Å². The summed E-state index contributed by atoms with van der Waals surface area (Å²) >= 11 is 0. The number of carboxylic acids is 1. The zero-order chi connectivity index (χ0) is 18.5. The maximum Gasteiger partial charge on any atom is 0.302 e. The largest absolute Gasteiger partial charge is 0.481 e. The lowest BCUT2D eigenvalue weighted by molar-refractivity contribution is -0.141. The Labute approximate surface area is 149 Å². The van der Waals surface area contributed by atoms with Gasteiger partial charge in [-0.15, -0.1) is 0 Å². The van der Waals surface area contributed by atoms with Crippen LogP contribution in [0.4, 0.5) is 0 Å². The van der Waals surface area contributed by atoms with E-state index in [0.717, 1.165) is 13.3 Å². The lowest BCUT2D eigenvalue weighted by Crippen LogP contribution is -2.00. The summed E-state index contributed by atoms with van der Waals surface area (Å²) in [6.45, 7) is 5.44. The molecule has 144 valence electrons. The first-order chi connectivity index (χ1) is 11.5. The fourth-order valence-electron chi connectivity index (χ4n) is 2.51. The van der Waals surface area contributed by atoms with Crippen LogP contribution in [0, 0.1) is 0 Å². The van der Waals surface area contributed by atoms with Gasteiger partial charge in [-0.2, -0.15) is 0 Å². The van der Waals surface area contributed by atoms with Gasteiger partial charge in [-0.05, 0) is 6.42 Å². The van der Waals surface area contributed by atoms with E-state index in [4.69, 9.17) is 14.6 Å². The van der Waals surface area contributed by atoms with Gasteiger partial charge in [0.05, 0.1) is 6.61 Å². The smallest absolute Gasteiger partial charge is 0.302 e. The number of carbonyl (C=O) groups is 2. The monoisotopic (exact) mass is 344 g/mol. The number of unbranched alkanes of at least 4 members (excludes halogenated alkanes) is 13. The van der Waals surface area contributed by atoms with Crippen LogP contribution in [0.1, 0.15) is 111 Å². The number of hydrogen-bond donors (Lipinski definition) is 1. The number of hydrogen-bond acceptors (Lipinski definition) is 3. The topological polar surface area (TPSA) is 63.6 Å². The molecule has 0 radical (unpaired) electrons. The van der Waals surface area contributed by atoms with E-state index in [2.05, 4.69) is 6.92 Å². The Balaban J connectivity index is 0. The molecule has 0 amide bonds. The molecule has 0 rings (SSSR count). The summed E-state index contributed by atoms with van der Waals surface area (Å²) in [6.07, 6.45) is 19.0. The van der Waals surface area contributed by atoms with Crippen molar-refractivity contribution in [2.45, 2.75) is 111 Å². The number of ether oxygens (including phenoxy) is 1. The van der Waals surface area contributed by atoms with Crippen molar-refractivity contribution in [3.05, 3.63) is 0 Å². The Morgan fingerprint density at radius 3 is 1.25 bits per heavy atom. The molecule has 0 fully saturated rings. The lowest BCUT2D eigenvalue weighted by atomic mass is 10.0. The minimum atomic E-state index is -0.833. The van der Waals surface area contributed by atoms with Crippen molar-refractivity contribution in [3.8, 4) is 0 Å². The van der Waals surface area contributed by atoms with Gasteiger partial charge < -0.3 is 9.84 Å². The zero-order valence-electron chi connectivity index (χ0n) is 16.3. The molecule has 0 unspecified atom stereocenters. The molecule has 0 aromatic heterocycles. The average Bonchev–Trinajstić information content (AvgIpc) is 2.50. The van der Waals surface area contributed by atoms with Gasteiger partial charge in [0.15, 0.2) is 0 Å². The second kappa shape index (κ2) is 21.9. The van der Waals surface area contributed by atoms with Gasteiger partial charge in [0.1, 0.15) is 0 Å². The second-order valence-electron chi connectivity index (χ2n) is 6.46.